The summed E-state index contributed by atoms with van der Waals surface area (Å²) in [6.45, 7) is 4.96. The van der Waals surface area contributed by atoms with Crippen molar-refractivity contribution >= 4 is 44.7 Å². The zero-order valence-electron chi connectivity index (χ0n) is 18.2. The lowest BCUT2D eigenvalue weighted by Gasteiger charge is -2.18. The first-order valence-corrected chi connectivity index (χ1v) is 11.6. The van der Waals surface area contributed by atoms with Crippen LogP contribution in [0.15, 0.2) is 46.0 Å². The molecular formula is C24H22N4O4S. The Hall–Kier alpha value is -3.72. The summed E-state index contributed by atoms with van der Waals surface area (Å²) in [5.41, 5.74) is 0.184. The number of carbonyl (C=O) groups is 2. The van der Waals surface area contributed by atoms with Gasteiger partial charge < -0.3 is 15.2 Å². The van der Waals surface area contributed by atoms with E-state index in [2.05, 4.69) is 10.3 Å². The molecule has 8 nitrogen and oxygen atoms in total. The van der Waals surface area contributed by atoms with Gasteiger partial charge in [-0.2, -0.15) is 0 Å². The molecule has 1 aliphatic heterocycles. The summed E-state index contributed by atoms with van der Waals surface area (Å²) >= 11 is 1.41. The van der Waals surface area contributed by atoms with E-state index in [1.54, 1.807) is 35.2 Å². The monoisotopic (exact) mass is 462 g/mol. The SMILES string of the molecule is Cc1sc2[nH]c3c(C(=O)N4CCCC4)cc(NC(=O)c4ccccc4)c(=O)n3c(=O)c2c1C. The van der Waals surface area contributed by atoms with E-state index in [9.17, 15) is 19.2 Å². The molecule has 1 saturated heterocycles. The van der Waals surface area contributed by atoms with Gasteiger partial charge in [-0.25, -0.2) is 4.40 Å². The van der Waals surface area contributed by atoms with Crippen LogP contribution in [0.3, 0.4) is 0 Å². The molecule has 2 N–H and O–H groups in total. The lowest BCUT2D eigenvalue weighted by Crippen LogP contribution is -2.35. The van der Waals surface area contributed by atoms with Crippen LogP contribution in [-0.2, 0) is 0 Å². The van der Waals surface area contributed by atoms with Gasteiger partial charge in [0.05, 0.1) is 10.9 Å². The topological polar surface area (TPSA) is 104 Å². The molecule has 0 bridgehead atoms. The number of benzene rings is 1. The van der Waals surface area contributed by atoms with Crippen molar-refractivity contribution in [3.8, 4) is 0 Å². The Labute approximate surface area is 192 Å². The molecule has 0 radical (unpaired) electrons. The molecule has 0 atom stereocenters. The fraction of sp³-hybridized carbons (Fsp3) is 0.250. The van der Waals surface area contributed by atoms with Crippen molar-refractivity contribution in [3.63, 3.8) is 0 Å². The van der Waals surface area contributed by atoms with Crippen LogP contribution >= 0.6 is 11.3 Å². The van der Waals surface area contributed by atoms with Gasteiger partial charge in [-0.3, -0.25) is 19.2 Å². The summed E-state index contributed by atoms with van der Waals surface area (Å²) in [6.07, 6.45) is 1.80. The first-order valence-electron chi connectivity index (χ1n) is 10.7. The molecule has 0 unspecified atom stereocenters. The number of likely N-dealkylation sites (tertiary alicyclic amines) is 1. The van der Waals surface area contributed by atoms with Crippen LogP contribution < -0.4 is 16.4 Å². The number of nitrogens with one attached hydrogen (secondary N) is 2. The standard InChI is InChI=1S/C24H22N4O4S/c1-13-14(2)33-21-18(13)24(32)28-19(26-21)16(22(30)27-10-6-7-11-27)12-17(23(28)31)25-20(29)15-8-4-3-5-9-15/h3-5,8-9,12,26H,6-7,10-11H2,1-2H3,(H,25,29). The Bertz CT molecular complexity index is 1540. The second-order valence-corrected chi connectivity index (χ2v) is 9.42. The van der Waals surface area contributed by atoms with Crippen molar-refractivity contribution in [2.24, 2.45) is 0 Å². The Morgan fingerprint density at radius 1 is 1.03 bits per heavy atom. The molecule has 33 heavy (non-hydrogen) atoms. The lowest BCUT2D eigenvalue weighted by molar-refractivity contribution is 0.0793. The number of hydrogen-bond acceptors (Lipinski definition) is 5. The smallest absolute Gasteiger partial charge is 0.283 e. The van der Waals surface area contributed by atoms with E-state index in [1.807, 2.05) is 13.8 Å². The highest BCUT2D eigenvalue weighted by atomic mass is 32.1. The molecule has 1 aliphatic rings. The molecule has 2 amide bonds. The number of fused-ring (bicyclic) bond motifs is 2. The summed E-state index contributed by atoms with van der Waals surface area (Å²) in [5, 5.41) is 3.02. The molecule has 0 spiro atoms. The van der Waals surface area contributed by atoms with Crippen molar-refractivity contribution in [1.82, 2.24) is 14.3 Å². The van der Waals surface area contributed by atoms with Crippen molar-refractivity contribution < 1.29 is 9.59 Å². The Morgan fingerprint density at radius 3 is 2.42 bits per heavy atom. The lowest BCUT2D eigenvalue weighted by atomic mass is 10.1. The average molecular weight is 463 g/mol. The molecule has 3 aromatic heterocycles. The third-order valence-electron chi connectivity index (χ3n) is 6.14. The number of aromatic nitrogens is 2. The Balaban J connectivity index is 1.77. The molecule has 168 valence electrons. The third-order valence-corrected chi connectivity index (χ3v) is 7.27. The first-order chi connectivity index (χ1) is 15.9. The fourth-order valence-corrected chi connectivity index (χ4v) is 5.30. The van der Waals surface area contributed by atoms with E-state index in [1.165, 1.54) is 17.4 Å². The highest BCUT2D eigenvalue weighted by Crippen LogP contribution is 2.27. The third kappa shape index (κ3) is 3.45. The number of amides is 2. The van der Waals surface area contributed by atoms with Gasteiger partial charge in [-0.15, -0.1) is 11.3 Å². The number of hydrogen-bond donors (Lipinski definition) is 2. The number of carbonyl (C=O) groups excluding carboxylic acids is 2. The molecule has 1 fully saturated rings. The van der Waals surface area contributed by atoms with Crippen LogP contribution in [0.25, 0.3) is 15.9 Å². The fourth-order valence-electron chi connectivity index (χ4n) is 4.25. The number of rotatable bonds is 3. The normalized spacial score (nSPS) is 13.7. The second-order valence-electron chi connectivity index (χ2n) is 8.20. The van der Waals surface area contributed by atoms with E-state index in [4.69, 9.17) is 0 Å². The minimum Gasteiger partial charge on any atom is -0.339 e. The van der Waals surface area contributed by atoms with Crippen LogP contribution in [0.1, 0.15) is 44.0 Å². The number of anilines is 1. The maximum atomic E-state index is 13.5. The van der Waals surface area contributed by atoms with Gasteiger partial charge in [0.15, 0.2) is 0 Å². The maximum Gasteiger partial charge on any atom is 0.283 e. The van der Waals surface area contributed by atoms with E-state index in [-0.39, 0.29) is 22.8 Å². The van der Waals surface area contributed by atoms with Crippen molar-refractivity contribution in [1.29, 1.82) is 0 Å². The Kier molecular flexibility index (Phi) is 5.13. The Morgan fingerprint density at radius 2 is 1.73 bits per heavy atom. The van der Waals surface area contributed by atoms with Gasteiger partial charge in [-0.1, -0.05) is 18.2 Å². The first kappa shape index (κ1) is 21.1. The minimum atomic E-state index is -0.682. The number of thiophene rings is 1. The highest BCUT2D eigenvalue weighted by Gasteiger charge is 2.26. The number of aromatic amines is 1. The quantitative estimate of drug-likeness (QED) is 0.487. The predicted molar refractivity (Wildman–Crippen MR) is 129 cm³/mol. The molecule has 5 rings (SSSR count). The number of aryl methyl sites for hydroxylation is 2. The molecule has 4 aromatic rings. The average Bonchev–Trinajstić information content (AvgIpc) is 3.44. The van der Waals surface area contributed by atoms with Crippen molar-refractivity contribution in [2.45, 2.75) is 26.7 Å². The minimum absolute atomic E-state index is 0.113. The van der Waals surface area contributed by atoms with Crippen LogP contribution in [0.2, 0.25) is 0 Å². The zero-order chi connectivity index (χ0) is 23.3. The molecular weight excluding hydrogens is 440 g/mol. The largest absolute Gasteiger partial charge is 0.339 e. The van der Waals surface area contributed by atoms with Gasteiger partial charge in [-0.05, 0) is 50.5 Å². The van der Waals surface area contributed by atoms with Gasteiger partial charge >= 0.3 is 0 Å². The van der Waals surface area contributed by atoms with E-state index in [0.29, 0.717) is 28.9 Å². The van der Waals surface area contributed by atoms with Crippen molar-refractivity contribution in [3.05, 3.63) is 78.7 Å². The summed E-state index contributed by atoms with van der Waals surface area (Å²) in [5.74, 6) is -0.771. The number of pyridine rings is 1. The van der Waals surface area contributed by atoms with Crippen LogP contribution in [-0.4, -0.2) is 39.2 Å². The molecule has 4 heterocycles. The van der Waals surface area contributed by atoms with Crippen molar-refractivity contribution in [2.75, 3.05) is 18.4 Å². The van der Waals surface area contributed by atoms with Crippen LogP contribution in [0, 0.1) is 13.8 Å². The van der Waals surface area contributed by atoms with Crippen LogP contribution in [0.4, 0.5) is 5.69 Å². The van der Waals surface area contributed by atoms with E-state index in [0.717, 1.165) is 27.7 Å². The van der Waals surface area contributed by atoms with Gasteiger partial charge in [0.1, 0.15) is 16.2 Å². The highest BCUT2D eigenvalue weighted by molar-refractivity contribution is 7.18. The number of nitrogens with zero attached hydrogens (tertiary/aromatic N) is 2. The predicted octanol–water partition coefficient (Wildman–Crippen LogP) is 3.31. The molecule has 0 saturated carbocycles. The van der Waals surface area contributed by atoms with E-state index < -0.39 is 17.0 Å². The van der Waals surface area contributed by atoms with Gasteiger partial charge in [0.2, 0.25) is 0 Å². The summed E-state index contributed by atoms with van der Waals surface area (Å²) in [4.78, 5) is 59.4. The summed E-state index contributed by atoms with van der Waals surface area (Å²) < 4.78 is 0.978. The van der Waals surface area contributed by atoms with E-state index >= 15 is 0 Å². The number of H-pyrrole nitrogens is 1. The molecule has 1 aromatic carbocycles. The summed E-state index contributed by atoms with van der Waals surface area (Å²) in [7, 11) is 0. The van der Waals surface area contributed by atoms with Gasteiger partial charge in [0, 0.05) is 23.5 Å². The van der Waals surface area contributed by atoms with Gasteiger partial charge in [0.25, 0.3) is 22.9 Å². The second kappa shape index (κ2) is 8.00. The van der Waals surface area contributed by atoms with Crippen LogP contribution in [0.5, 0.6) is 0 Å². The zero-order valence-corrected chi connectivity index (χ0v) is 19.0. The maximum absolute atomic E-state index is 13.5. The molecule has 9 heteroatoms. The summed E-state index contributed by atoms with van der Waals surface area (Å²) in [6, 6.07) is 9.84. The molecule has 0 aliphatic carbocycles.